The molecular formula is C28H39F3N6O4S. The lowest BCUT2D eigenvalue weighted by molar-refractivity contribution is -0.138. The Hall–Kier alpha value is -2.97. The fourth-order valence-electron chi connectivity index (χ4n) is 5.82. The van der Waals surface area contributed by atoms with E-state index in [0.29, 0.717) is 36.3 Å². The first kappa shape index (κ1) is 32.0. The van der Waals surface area contributed by atoms with Gasteiger partial charge in [-0.25, -0.2) is 22.7 Å². The number of benzene rings is 1. The number of alkyl halides is 3. The van der Waals surface area contributed by atoms with E-state index in [4.69, 9.17) is 4.74 Å². The largest absolute Gasteiger partial charge is 0.495 e. The highest BCUT2D eigenvalue weighted by Crippen LogP contribution is 2.38. The number of methoxy groups -OCH3 is 1. The monoisotopic (exact) mass is 612 g/mol. The molecule has 0 spiro atoms. The number of amides is 1. The second-order valence-electron chi connectivity index (χ2n) is 11.0. The SMILES string of the molecule is CCN1CCC(NC(=O)c2ccc(Nc3ncc(C(F)(F)F)c(C[C@@H]4CCC[C@H]4N(C)S(C)(=O)=O)n3)c(OC)c2)CC1. The number of rotatable bonds is 10. The van der Waals surface area contributed by atoms with Crippen molar-refractivity contribution in [2.45, 2.75) is 63.7 Å². The minimum Gasteiger partial charge on any atom is -0.495 e. The molecule has 1 aromatic carbocycles. The van der Waals surface area contributed by atoms with E-state index in [9.17, 15) is 26.4 Å². The number of hydrogen-bond donors (Lipinski definition) is 2. The zero-order valence-corrected chi connectivity index (χ0v) is 25.2. The van der Waals surface area contributed by atoms with Crippen molar-refractivity contribution in [3.63, 3.8) is 0 Å². The first-order valence-electron chi connectivity index (χ1n) is 14.1. The van der Waals surface area contributed by atoms with Crippen molar-refractivity contribution in [2.75, 3.05) is 45.4 Å². The fourth-order valence-corrected chi connectivity index (χ4v) is 6.59. The van der Waals surface area contributed by atoms with Crippen molar-refractivity contribution in [3.8, 4) is 5.75 Å². The van der Waals surface area contributed by atoms with E-state index < -0.39 is 27.8 Å². The first-order chi connectivity index (χ1) is 19.8. The van der Waals surface area contributed by atoms with Crippen LogP contribution in [0.1, 0.15) is 60.6 Å². The molecule has 1 saturated heterocycles. The number of ether oxygens (including phenoxy) is 1. The zero-order valence-electron chi connectivity index (χ0n) is 24.4. The van der Waals surface area contributed by atoms with Crippen LogP contribution < -0.4 is 15.4 Å². The zero-order chi connectivity index (χ0) is 30.7. The Balaban J connectivity index is 1.52. The van der Waals surface area contributed by atoms with E-state index in [-0.39, 0.29) is 35.9 Å². The van der Waals surface area contributed by atoms with Gasteiger partial charge in [-0.15, -0.1) is 0 Å². The summed E-state index contributed by atoms with van der Waals surface area (Å²) in [5.41, 5.74) is -0.384. The van der Waals surface area contributed by atoms with E-state index in [2.05, 4.69) is 32.4 Å². The number of carbonyl (C=O) groups is 1. The summed E-state index contributed by atoms with van der Waals surface area (Å²) in [5.74, 6) is -0.315. The lowest BCUT2D eigenvalue weighted by atomic mass is 9.95. The van der Waals surface area contributed by atoms with Gasteiger partial charge in [0.1, 0.15) is 5.75 Å². The van der Waals surface area contributed by atoms with Gasteiger partial charge in [0.25, 0.3) is 5.91 Å². The normalized spacial score (nSPS) is 20.6. The molecule has 0 bridgehead atoms. The van der Waals surface area contributed by atoms with Gasteiger partial charge in [0, 0.05) is 44.0 Å². The topological polar surface area (TPSA) is 117 Å². The Labute approximate surface area is 245 Å². The van der Waals surface area contributed by atoms with Gasteiger partial charge in [0.15, 0.2) is 0 Å². The molecule has 2 aromatic rings. The van der Waals surface area contributed by atoms with E-state index in [0.717, 1.165) is 44.9 Å². The van der Waals surface area contributed by atoms with Crippen molar-refractivity contribution >= 4 is 27.6 Å². The lowest BCUT2D eigenvalue weighted by Crippen LogP contribution is -2.44. The molecular weight excluding hydrogens is 573 g/mol. The number of sulfonamides is 1. The Morgan fingerprint density at radius 2 is 1.90 bits per heavy atom. The van der Waals surface area contributed by atoms with Crippen LogP contribution >= 0.6 is 0 Å². The van der Waals surface area contributed by atoms with Gasteiger partial charge in [0.2, 0.25) is 16.0 Å². The van der Waals surface area contributed by atoms with E-state index in [1.165, 1.54) is 18.5 Å². The number of halogens is 3. The average molecular weight is 613 g/mol. The smallest absolute Gasteiger partial charge is 0.419 e. The maximum absolute atomic E-state index is 13.9. The van der Waals surface area contributed by atoms with Crippen molar-refractivity contribution < 1.29 is 31.1 Å². The number of hydrogen-bond acceptors (Lipinski definition) is 8. The predicted octanol–water partition coefficient (Wildman–Crippen LogP) is 4.06. The number of likely N-dealkylation sites (tertiary alicyclic amines) is 1. The van der Waals surface area contributed by atoms with Gasteiger partial charge < -0.3 is 20.3 Å². The van der Waals surface area contributed by atoms with Crippen LogP contribution in [-0.4, -0.2) is 85.6 Å². The van der Waals surface area contributed by atoms with Gasteiger partial charge in [0.05, 0.1) is 30.3 Å². The van der Waals surface area contributed by atoms with Crippen molar-refractivity contribution in [2.24, 2.45) is 5.92 Å². The Morgan fingerprint density at radius 1 is 1.19 bits per heavy atom. The van der Waals surface area contributed by atoms with Crippen LogP contribution in [0.3, 0.4) is 0 Å². The van der Waals surface area contributed by atoms with Gasteiger partial charge in [-0.1, -0.05) is 13.3 Å². The highest BCUT2D eigenvalue weighted by atomic mass is 32.2. The molecule has 1 amide bonds. The molecule has 2 heterocycles. The van der Waals surface area contributed by atoms with Crippen LogP contribution in [0.25, 0.3) is 0 Å². The minimum atomic E-state index is -4.68. The van der Waals surface area contributed by atoms with Crippen LogP contribution in [0.2, 0.25) is 0 Å². The molecule has 4 rings (SSSR count). The van der Waals surface area contributed by atoms with Gasteiger partial charge in [-0.3, -0.25) is 4.79 Å². The van der Waals surface area contributed by atoms with Gasteiger partial charge in [-0.05, 0) is 62.8 Å². The number of nitrogens with zero attached hydrogens (tertiary/aromatic N) is 4. The number of anilines is 2. The molecule has 1 aliphatic heterocycles. The predicted molar refractivity (Wildman–Crippen MR) is 153 cm³/mol. The summed E-state index contributed by atoms with van der Waals surface area (Å²) in [6.07, 6.45) is 0.717. The van der Waals surface area contributed by atoms with Crippen LogP contribution in [0.5, 0.6) is 5.75 Å². The van der Waals surface area contributed by atoms with E-state index in [1.54, 1.807) is 18.2 Å². The molecule has 14 heteroatoms. The third kappa shape index (κ3) is 7.70. The Morgan fingerprint density at radius 3 is 2.52 bits per heavy atom. The highest BCUT2D eigenvalue weighted by molar-refractivity contribution is 7.88. The third-order valence-corrected chi connectivity index (χ3v) is 9.63. The molecule has 232 valence electrons. The molecule has 2 fully saturated rings. The number of piperidine rings is 1. The molecule has 2 N–H and O–H groups in total. The average Bonchev–Trinajstić information content (AvgIpc) is 3.40. The molecule has 2 atom stereocenters. The molecule has 1 aliphatic carbocycles. The summed E-state index contributed by atoms with van der Waals surface area (Å²) in [7, 11) is -0.616. The number of nitrogens with one attached hydrogen (secondary N) is 2. The van der Waals surface area contributed by atoms with E-state index in [1.807, 2.05) is 0 Å². The van der Waals surface area contributed by atoms with Crippen LogP contribution in [0.15, 0.2) is 24.4 Å². The summed E-state index contributed by atoms with van der Waals surface area (Å²) in [4.78, 5) is 23.4. The molecule has 2 aliphatic rings. The molecule has 10 nitrogen and oxygen atoms in total. The van der Waals surface area contributed by atoms with Crippen LogP contribution in [0, 0.1) is 5.92 Å². The summed E-state index contributed by atoms with van der Waals surface area (Å²) < 4.78 is 72.7. The standard InChI is InChI=1S/C28H39F3N6O4S/c1-5-37-13-11-20(12-14-37)33-26(38)19-9-10-22(25(16-19)41-3)34-27-32-17-21(28(29,30)31)23(35-27)15-18-7-6-8-24(18)36(2)42(4,39)40/h9-10,16-18,20,24H,5-8,11-15H2,1-4H3,(H,33,38)(H,32,34,35)/t18-,24+/m0/s1. The fraction of sp³-hybridized carbons (Fsp3) is 0.607. The molecule has 0 radical (unpaired) electrons. The third-order valence-electron chi connectivity index (χ3n) is 8.32. The molecule has 42 heavy (non-hydrogen) atoms. The Bertz CT molecular complexity index is 1370. The van der Waals surface area contributed by atoms with Gasteiger partial charge in [-0.2, -0.15) is 13.2 Å². The summed E-state index contributed by atoms with van der Waals surface area (Å²) in [6.45, 7) is 4.96. The molecule has 1 aromatic heterocycles. The van der Waals surface area contributed by atoms with Crippen molar-refractivity contribution in [3.05, 3.63) is 41.2 Å². The number of carbonyl (C=O) groups excluding carboxylic acids is 1. The Kier molecular flexibility index (Phi) is 9.99. The molecule has 0 unspecified atom stereocenters. The maximum Gasteiger partial charge on any atom is 0.419 e. The first-order valence-corrected chi connectivity index (χ1v) is 16.0. The summed E-state index contributed by atoms with van der Waals surface area (Å²) >= 11 is 0. The van der Waals surface area contributed by atoms with Crippen molar-refractivity contribution in [1.29, 1.82) is 0 Å². The lowest BCUT2D eigenvalue weighted by Gasteiger charge is -2.31. The summed E-state index contributed by atoms with van der Waals surface area (Å²) in [5, 5.41) is 6.00. The van der Waals surface area contributed by atoms with E-state index >= 15 is 0 Å². The second-order valence-corrected chi connectivity index (χ2v) is 13.1. The summed E-state index contributed by atoms with van der Waals surface area (Å²) in [6, 6.07) is 4.44. The minimum absolute atomic E-state index is 0.0516. The quantitative estimate of drug-likeness (QED) is 0.413. The maximum atomic E-state index is 13.9. The van der Waals surface area contributed by atoms with Gasteiger partial charge >= 0.3 is 6.18 Å². The van der Waals surface area contributed by atoms with Crippen LogP contribution in [-0.2, 0) is 22.6 Å². The second kappa shape index (κ2) is 13.1. The van der Waals surface area contributed by atoms with Crippen LogP contribution in [0.4, 0.5) is 24.8 Å². The number of aromatic nitrogens is 2. The highest BCUT2D eigenvalue weighted by Gasteiger charge is 2.39. The van der Waals surface area contributed by atoms with Crippen molar-refractivity contribution in [1.82, 2.24) is 24.5 Å². The molecule has 1 saturated carbocycles.